The average Bonchev–Trinajstić information content (AvgIpc) is 2.47. The van der Waals surface area contributed by atoms with Gasteiger partial charge in [-0.1, -0.05) is 29.8 Å². The molecule has 0 saturated carbocycles. The number of fused-ring (bicyclic) bond motifs is 1. The van der Waals surface area contributed by atoms with Crippen molar-refractivity contribution in [3.63, 3.8) is 0 Å². The van der Waals surface area contributed by atoms with E-state index in [0.717, 1.165) is 0 Å². The number of rotatable bonds is 2. The van der Waals surface area contributed by atoms with Gasteiger partial charge >= 0.3 is 5.97 Å². The molecule has 0 saturated heterocycles. The van der Waals surface area contributed by atoms with E-state index in [-0.39, 0.29) is 6.61 Å². The summed E-state index contributed by atoms with van der Waals surface area (Å²) in [6.45, 7) is 0.121. The Hall–Kier alpha value is -2.20. The van der Waals surface area contributed by atoms with E-state index in [9.17, 15) is 4.79 Å². The first kappa shape index (κ1) is 12.8. The summed E-state index contributed by atoms with van der Waals surface area (Å²) in [7, 11) is 0. The van der Waals surface area contributed by atoms with Gasteiger partial charge in [-0.2, -0.15) is 0 Å². The van der Waals surface area contributed by atoms with Crippen molar-refractivity contribution in [2.75, 3.05) is 6.61 Å². The third-order valence-electron chi connectivity index (χ3n) is 2.79. The van der Waals surface area contributed by atoms with Crippen LogP contribution in [-0.4, -0.2) is 18.7 Å². The van der Waals surface area contributed by atoms with Gasteiger partial charge in [-0.3, -0.25) is 0 Å². The molecule has 3 rings (SSSR count). The molecule has 1 atom stereocenters. The van der Waals surface area contributed by atoms with E-state index in [1.54, 1.807) is 36.4 Å². The van der Waals surface area contributed by atoms with Crippen LogP contribution in [0, 0.1) is 0 Å². The monoisotopic (exact) mass is 290 g/mol. The second-order valence-corrected chi connectivity index (χ2v) is 4.68. The molecule has 0 fully saturated rings. The maximum Gasteiger partial charge on any atom is 0.356 e. The molecule has 102 valence electrons. The highest BCUT2D eigenvalue weighted by Gasteiger charge is 2.29. The molecule has 4 nitrogen and oxygen atoms in total. The van der Waals surface area contributed by atoms with Crippen LogP contribution in [0.5, 0.6) is 17.2 Å². The van der Waals surface area contributed by atoms with Gasteiger partial charge in [-0.15, -0.1) is 0 Å². The molecule has 5 heteroatoms. The molecule has 1 aliphatic heterocycles. The van der Waals surface area contributed by atoms with Crippen LogP contribution in [0.4, 0.5) is 0 Å². The van der Waals surface area contributed by atoms with Crippen LogP contribution >= 0.6 is 11.6 Å². The van der Waals surface area contributed by atoms with Crippen LogP contribution in [0.15, 0.2) is 48.5 Å². The summed E-state index contributed by atoms with van der Waals surface area (Å²) in [4.78, 5) is 12.0. The summed E-state index contributed by atoms with van der Waals surface area (Å²) in [6.07, 6.45) is -0.788. The number of esters is 1. The molecule has 0 unspecified atom stereocenters. The van der Waals surface area contributed by atoms with Gasteiger partial charge in [0.1, 0.15) is 12.4 Å². The van der Waals surface area contributed by atoms with Gasteiger partial charge in [0.05, 0.1) is 0 Å². The van der Waals surface area contributed by atoms with E-state index < -0.39 is 12.1 Å². The fourth-order valence-corrected chi connectivity index (χ4v) is 2.03. The smallest absolute Gasteiger partial charge is 0.356 e. The molecule has 1 heterocycles. The van der Waals surface area contributed by atoms with E-state index >= 15 is 0 Å². The number of hydrogen-bond acceptors (Lipinski definition) is 4. The Labute approximate surface area is 120 Å². The van der Waals surface area contributed by atoms with Crippen molar-refractivity contribution < 1.29 is 19.0 Å². The minimum Gasteiger partial charge on any atom is -0.485 e. The molecule has 20 heavy (non-hydrogen) atoms. The lowest BCUT2D eigenvalue weighted by molar-refractivity contribution is -0.144. The molecule has 0 aromatic heterocycles. The van der Waals surface area contributed by atoms with Crippen molar-refractivity contribution in [3.05, 3.63) is 53.6 Å². The van der Waals surface area contributed by atoms with Crippen molar-refractivity contribution in [2.24, 2.45) is 0 Å². The van der Waals surface area contributed by atoms with Crippen LogP contribution in [0.2, 0.25) is 5.02 Å². The first-order valence-electron chi connectivity index (χ1n) is 6.08. The summed E-state index contributed by atoms with van der Waals surface area (Å²) < 4.78 is 16.3. The fraction of sp³-hybridized carbons (Fsp3) is 0.133. The third-order valence-corrected chi connectivity index (χ3v) is 3.02. The SMILES string of the molecule is O=C(Oc1cccc(Cl)c1)[C@@H]1COc2ccccc2O1. The van der Waals surface area contributed by atoms with Crippen molar-refractivity contribution >= 4 is 17.6 Å². The maximum absolute atomic E-state index is 12.0. The average molecular weight is 291 g/mol. The second kappa shape index (κ2) is 5.43. The topological polar surface area (TPSA) is 44.8 Å². The summed E-state index contributed by atoms with van der Waals surface area (Å²) >= 11 is 5.83. The van der Waals surface area contributed by atoms with Crippen LogP contribution in [0.25, 0.3) is 0 Å². The zero-order valence-electron chi connectivity index (χ0n) is 10.4. The van der Waals surface area contributed by atoms with Gasteiger partial charge < -0.3 is 14.2 Å². The van der Waals surface area contributed by atoms with Crippen LogP contribution in [0.1, 0.15) is 0 Å². The van der Waals surface area contributed by atoms with Crippen LogP contribution in [0.3, 0.4) is 0 Å². The minimum atomic E-state index is -0.788. The summed E-state index contributed by atoms with van der Waals surface area (Å²) in [6, 6.07) is 13.8. The molecule has 1 aliphatic rings. The molecule has 2 aromatic rings. The number of carbonyl (C=O) groups is 1. The lowest BCUT2D eigenvalue weighted by Gasteiger charge is -2.24. The molecule has 0 N–H and O–H groups in total. The number of carbonyl (C=O) groups excluding carboxylic acids is 1. The summed E-state index contributed by atoms with van der Waals surface area (Å²) in [5.41, 5.74) is 0. The Balaban J connectivity index is 1.70. The van der Waals surface area contributed by atoms with E-state index in [0.29, 0.717) is 22.3 Å². The second-order valence-electron chi connectivity index (χ2n) is 4.24. The highest BCUT2D eigenvalue weighted by molar-refractivity contribution is 6.30. The number of benzene rings is 2. The van der Waals surface area contributed by atoms with Gasteiger partial charge in [0.2, 0.25) is 6.10 Å². The number of ether oxygens (including phenoxy) is 3. The number of hydrogen-bond donors (Lipinski definition) is 0. The molecule has 0 spiro atoms. The fourth-order valence-electron chi connectivity index (χ4n) is 1.85. The lowest BCUT2D eigenvalue weighted by atomic mass is 10.2. The van der Waals surface area contributed by atoms with E-state index in [4.69, 9.17) is 25.8 Å². The molecule has 2 aromatic carbocycles. The number of halogens is 1. The Kier molecular flexibility index (Phi) is 3.48. The Bertz CT molecular complexity index is 641. The molecule has 0 radical (unpaired) electrons. The quantitative estimate of drug-likeness (QED) is 0.630. The van der Waals surface area contributed by atoms with Gasteiger partial charge in [-0.05, 0) is 30.3 Å². The van der Waals surface area contributed by atoms with Crippen molar-refractivity contribution in [1.29, 1.82) is 0 Å². The zero-order chi connectivity index (χ0) is 13.9. The first-order chi connectivity index (χ1) is 9.72. The highest BCUT2D eigenvalue weighted by Crippen LogP contribution is 2.31. The Morgan fingerprint density at radius 1 is 1.15 bits per heavy atom. The first-order valence-corrected chi connectivity index (χ1v) is 6.46. The third kappa shape index (κ3) is 2.70. The standard InChI is InChI=1S/C15H11ClO4/c16-10-4-3-5-11(8-10)19-15(17)14-9-18-12-6-1-2-7-13(12)20-14/h1-8,14H,9H2/t14-/m0/s1. The van der Waals surface area contributed by atoms with Crippen LogP contribution in [-0.2, 0) is 4.79 Å². The molecular formula is C15H11ClO4. The molecule has 0 aliphatic carbocycles. The summed E-state index contributed by atoms with van der Waals surface area (Å²) in [5, 5.41) is 0.501. The van der Waals surface area contributed by atoms with E-state index in [1.807, 2.05) is 12.1 Å². The maximum atomic E-state index is 12.0. The van der Waals surface area contributed by atoms with E-state index in [2.05, 4.69) is 0 Å². The predicted molar refractivity (Wildman–Crippen MR) is 73.4 cm³/mol. The molecule has 0 bridgehead atoms. The highest BCUT2D eigenvalue weighted by atomic mass is 35.5. The summed E-state index contributed by atoms with van der Waals surface area (Å²) in [5.74, 6) is 1.03. The Morgan fingerprint density at radius 3 is 2.75 bits per heavy atom. The van der Waals surface area contributed by atoms with Gasteiger partial charge in [0.25, 0.3) is 0 Å². The van der Waals surface area contributed by atoms with Crippen molar-refractivity contribution in [1.82, 2.24) is 0 Å². The van der Waals surface area contributed by atoms with Gasteiger partial charge in [-0.25, -0.2) is 4.79 Å². The largest absolute Gasteiger partial charge is 0.485 e. The van der Waals surface area contributed by atoms with Crippen molar-refractivity contribution in [3.8, 4) is 17.2 Å². The van der Waals surface area contributed by atoms with Crippen molar-refractivity contribution in [2.45, 2.75) is 6.10 Å². The normalized spacial score (nSPS) is 16.6. The molecular weight excluding hydrogens is 280 g/mol. The minimum absolute atomic E-state index is 0.121. The Morgan fingerprint density at radius 2 is 1.95 bits per heavy atom. The lowest BCUT2D eigenvalue weighted by Crippen LogP contribution is -2.39. The van der Waals surface area contributed by atoms with E-state index in [1.165, 1.54) is 0 Å². The van der Waals surface area contributed by atoms with Crippen LogP contribution < -0.4 is 14.2 Å². The van der Waals surface area contributed by atoms with Gasteiger partial charge in [0, 0.05) is 5.02 Å². The zero-order valence-corrected chi connectivity index (χ0v) is 11.2. The molecule has 0 amide bonds. The van der Waals surface area contributed by atoms with Gasteiger partial charge in [0.15, 0.2) is 11.5 Å². The number of para-hydroxylation sites is 2. The predicted octanol–water partition coefficient (Wildman–Crippen LogP) is 3.09.